The van der Waals surface area contributed by atoms with E-state index in [1.54, 1.807) is 60.7 Å². The molecule has 0 saturated heterocycles. The van der Waals surface area contributed by atoms with Crippen LogP contribution in [0.5, 0.6) is 5.75 Å². The van der Waals surface area contributed by atoms with E-state index in [2.05, 4.69) is 10.0 Å². The van der Waals surface area contributed by atoms with Crippen LogP contribution >= 0.6 is 0 Å². The minimum absolute atomic E-state index is 0.0206. The van der Waals surface area contributed by atoms with Crippen molar-refractivity contribution in [3.63, 3.8) is 0 Å². The average molecular weight is 580 g/mol. The maximum atomic E-state index is 12.9. The Hall–Kier alpha value is -4.35. The molecule has 0 aliphatic carbocycles. The van der Waals surface area contributed by atoms with E-state index in [9.17, 15) is 21.6 Å². The van der Waals surface area contributed by atoms with Crippen LogP contribution < -0.4 is 19.1 Å². The average Bonchev–Trinajstić information content (AvgIpc) is 2.92. The number of carbonyl (C=O) groups excluding carboxylic acids is 1. The lowest BCUT2D eigenvalue weighted by molar-refractivity contribution is 0.102. The van der Waals surface area contributed by atoms with Gasteiger partial charge >= 0.3 is 0 Å². The summed E-state index contributed by atoms with van der Waals surface area (Å²) < 4.78 is 59.6. The van der Waals surface area contributed by atoms with E-state index in [0.717, 1.165) is 11.8 Å². The molecule has 1 amide bonds. The molecule has 0 atom stereocenters. The SMILES string of the molecule is COc1ccc(C)cc1NS(=O)(=O)c1ccc(NC(=O)c2ccc(CN(c3ccccc3)S(C)(=O)=O)cc2)cc1. The lowest BCUT2D eigenvalue weighted by atomic mass is 10.1. The van der Waals surface area contributed by atoms with Crippen molar-refractivity contribution in [3.8, 4) is 5.75 Å². The van der Waals surface area contributed by atoms with Gasteiger partial charge < -0.3 is 10.1 Å². The van der Waals surface area contributed by atoms with E-state index in [4.69, 9.17) is 4.74 Å². The zero-order valence-electron chi connectivity index (χ0n) is 22.2. The summed E-state index contributed by atoms with van der Waals surface area (Å²) in [6, 6.07) is 26.3. The summed E-state index contributed by atoms with van der Waals surface area (Å²) in [6.45, 7) is 1.96. The van der Waals surface area contributed by atoms with Gasteiger partial charge in [0, 0.05) is 11.3 Å². The number of hydrogen-bond donors (Lipinski definition) is 2. The Morgan fingerprint density at radius 3 is 2.10 bits per heavy atom. The fourth-order valence-electron chi connectivity index (χ4n) is 3.95. The molecule has 0 bridgehead atoms. The second-order valence-electron chi connectivity index (χ2n) is 9.09. The van der Waals surface area contributed by atoms with Crippen LogP contribution in [0, 0.1) is 6.92 Å². The Balaban J connectivity index is 1.43. The monoisotopic (exact) mass is 579 g/mol. The van der Waals surface area contributed by atoms with E-state index >= 15 is 0 Å². The van der Waals surface area contributed by atoms with E-state index in [-0.39, 0.29) is 11.4 Å². The van der Waals surface area contributed by atoms with Gasteiger partial charge in [-0.15, -0.1) is 0 Å². The summed E-state index contributed by atoms with van der Waals surface area (Å²) >= 11 is 0. The van der Waals surface area contributed by atoms with Gasteiger partial charge in [0.05, 0.1) is 36.2 Å². The van der Waals surface area contributed by atoms with Crippen LogP contribution in [-0.4, -0.2) is 36.1 Å². The molecule has 9 nitrogen and oxygen atoms in total. The third kappa shape index (κ3) is 6.99. The normalized spacial score (nSPS) is 11.5. The first kappa shape index (κ1) is 28.7. The molecule has 0 heterocycles. The molecule has 4 rings (SSSR count). The molecule has 4 aromatic carbocycles. The Labute approximate surface area is 234 Å². The summed E-state index contributed by atoms with van der Waals surface area (Å²) in [6.07, 6.45) is 1.15. The van der Waals surface area contributed by atoms with E-state index in [1.807, 2.05) is 19.1 Å². The van der Waals surface area contributed by atoms with E-state index in [0.29, 0.717) is 33.9 Å². The Morgan fingerprint density at radius 2 is 1.50 bits per heavy atom. The minimum Gasteiger partial charge on any atom is -0.495 e. The molecular weight excluding hydrogens is 550 g/mol. The van der Waals surface area contributed by atoms with Crippen LogP contribution in [0.25, 0.3) is 0 Å². The number of nitrogens with one attached hydrogen (secondary N) is 2. The van der Waals surface area contributed by atoms with Gasteiger partial charge in [0.15, 0.2) is 0 Å². The number of methoxy groups -OCH3 is 1. The fraction of sp³-hybridized carbons (Fsp3) is 0.138. The summed E-state index contributed by atoms with van der Waals surface area (Å²) in [4.78, 5) is 12.8. The molecule has 0 spiro atoms. The molecule has 0 fully saturated rings. The van der Waals surface area contributed by atoms with Gasteiger partial charge in [0.2, 0.25) is 10.0 Å². The summed E-state index contributed by atoms with van der Waals surface area (Å²) in [5.74, 6) is 0.000905. The molecule has 40 heavy (non-hydrogen) atoms. The third-order valence-corrected chi connectivity index (χ3v) is 8.53. The van der Waals surface area contributed by atoms with Crippen molar-refractivity contribution in [2.24, 2.45) is 0 Å². The van der Waals surface area contributed by atoms with Gasteiger partial charge in [0.1, 0.15) is 5.75 Å². The standard InChI is InChI=1S/C29H29N3O6S2/c1-21-9-18-28(38-2)27(19-21)31-40(36,37)26-16-14-24(15-17-26)30-29(33)23-12-10-22(11-13-23)20-32(39(3,34)35)25-7-5-4-6-8-25/h4-19,31H,20H2,1-3H3,(H,30,33). The highest BCUT2D eigenvalue weighted by Crippen LogP contribution is 2.28. The van der Waals surface area contributed by atoms with Crippen LogP contribution in [0.15, 0.2) is 102 Å². The van der Waals surface area contributed by atoms with Crippen molar-refractivity contribution in [1.82, 2.24) is 0 Å². The molecule has 0 aromatic heterocycles. The highest BCUT2D eigenvalue weighted by molar-refractivity contribution is 7.92. The Bertz CT molecular complexity index is 1710. The number of benzene rings is 4. The maximum Gasteiger partial charge on any atom is 0.262 e. The number of para-hydroxylation sites is 1. The lowest BCUT2D eigenvalue weighted by Crippen LogP contribution is -2.29. The largest absolute Gasteiger partial charge is 0.495 e. The van der Waals surface area contributed by atoms with Gasteiger partial charge in [0.25, 0.3) is 15.9 Å². The first-order valence-electron chi connectivity index (χ1n) is 12.2. The highest BCUT2D eigenvalue weighted by atomic mass is 32.2. The summed E-state index contributed by atoms with van der Waals surface area (Å²) in [5.41, 5.74) is 3.22. The van der Waals surface area contributed by atoms with Gasteiger partial charge in [-0.2, -0.15) is 0 Å². The summed E-state index contributed by atoms with van der Waals surface area (Å²) in [7, 11) is -5.95. The second kappa shape index (κ2) is 11.8. The number of carbonyl (C=O) groups is 1. The number of amides is 1. The first-order chi connectivity index (χ1) is 19.0. The molecule has 208 valence electrons. The Kier molecular flexibility index (Phi) is 8.46. The number of anilines is 3. The van der Waals surface area contributed by atoms with Crippen LogP contribution in [-0.2, 0) is 26.6 Å². The predicted molar refractivity (Wildman–Crippen MR) is 157 cm³/mol. The van der Waals surface area contributed by atoms with Crippen molar-refractivity contribution in [3.05, 3.63) is 114 Å². The van der Waals surface area contributed by atoms with Gasteiger partial charge in [-0.05, 0) is 78.7 Å². The number of aryl methyl sites for hydroxylation is 1. The first-order valence-corrected chi connectivity index (χ1v) is 15.5. The van der Waals surface area contributed by atoms with Crippen molar-refractivity contribution < 1.29 is 26.4 Å². The zero-order chi connectivity index (χ0) is 28.9. The third-order valence-electron chi connectivity index (χ3n) is 6.01. The number of rotatable bonds is 10. The molecule has 0 aliphatic rings. The summed E-state index contributed by atoms with van der Waals surface area (Å²) in [5, 5.41) is 2.74. The number of sulfonamides is 2. The second-order valence-corrected chi connectivity index (χ2v) is 12.7. The lowest BCUT2D eigenvalue weighted by Gasteiger charge is -2.22. The van der Waals surface area contributed by atoms with Crippen molar-refractivity contribution in [2.45, 2.75) is 18.4 Å². The quantitative estimate of drug-likeness (QED) is 0.272. The van der Waals surface area contributed by atoms with Crippen LogP contribution in [0.1, 0.15) is 21.5 Å². The molecule has 0 aliphatic heterocycles. The van der Waals surface area contributed by atoms with Crippen molar-refractivity contribution in [2.75, 3.05) is 27.7 Å². The van der Waals surface area contributed by atoms with Gasteiger partial charge in [-0.1, -0.05) is 36.4 Å². The number of hydrogen-bond acceptors (Lipinski definition) is 6. The Morgan fingerprint density at radius 1 is 0.850 bits per heavy atom. The number of nitrogens with zero attached hydrogens (tertiary/aromatic N) is 1. The van der Waals surface area contributed by atoms with E-state index in [1.165, 1.54) is 35.7 Å². The molecule has 0 saturated carbocycles. The molecule has 2 N–H and O–H groups in total. The minimum atomic E-state index is -3.90. The smallest absolute Gasteiger partial charge is 0.262 e. The highest BCUT2D eigenvalue weighted by Gasteiger charge is 2.19. The van der Waals surface area contributed by atoms with Crippen molar-refractivity contribution >= 4 is 43.0 Å². The number of ether oxygens (including phenoxy) is 1. The molecule has 11 heteroatoms. The fourth-order valence-corrected chi connectivity index (χ4v) is 5.90. The van der Waals surface area contributed by atoms with E-state index < -0.39 is 26.0 Å². The van der Waals surface area contributed by atoms with Gasteiger partial charge in [-0.25, -0.2) is 16.8 Å². The van der Waals surface area contributed by atoms with Crippen molar-refractivity contribution in [1.29, 1.82) is 0 Å². The topological polar surface area (TPSA) is 122 Å². The molecular formula is C29H29N3O6S2. The zero-order valence-corrected chi connectivity index (χ0v) is 23.8. The maximum absolute atomic E-state index is 12.9. The molecule has 0 radical (unpaired) electrons. The van der Waals surface area contributed by atoms with Crippen LogP contribution in [0.2, 0.25) is 0 Å². The molecule has 4 aromatic rings. The predicted octanol–water partition coefficient (Wildman–Crippen LogP) is 5.02. The van der Waals surface area contributed by atoms with Gasteiger partial charge in [-0.3, -0.25) is 13.8 Å². The molecule has 0 unspecified atom stereocenters. The van der Waals surface area contributed by atoms with Crippen LogP contribution in [0.3, 0.4) is 0 Å². The van der Waals surface area contributed by atoms with Crippen LogP contribution in [0.4, 0.5) is 17.1 Å².